The first-order valence-corrected chi connectivity index (χ1v) is 8.42. The highest BCUT2D eigenvalue weighted by molar-refractivity contribution is 5.62. The van der Waals surface area contributed by atoms with Gasteiger partial charge in [0.1, 0.15) is 11.6 Å². The van der Waals surface area contributed by atoms with Crippen molar-refractivity contribution >= 4 is 0 Å². The van der Waals surface area contributed by atoms with Gasteiger partial charge in [0, 0.05) is 12.4 Å². The molecule has 3 heteroatoms. The van der Waals surface area contributed by atoms with Crippen molar-refractivity contribution in [3.05, 3.63) is 71.8 Å². The molecule has 0 aliphatic carbocycles. The zero-order valence-electron chi connectivity index (χ0n) is 14.6. The summed E-state index contributed by atoms with van der Waals surface area (Å²) in [6.07, 6.45) is 3.66. The standard InChI is InChI=1S/C21H23FN2/c1-14(2)16-9-7-10-17(15(3)4)20(16)24-13-12-23-21(24)18-8-5-6-11-19(18)22/h5-15H,1-4H3. The minimum Gasteiger partial charge on any atom is -0.299 e. The Hall–Kier alpha value is -2.42. The summed E-state index contributed by atoms with van der Waals surface area (Å²) in [5.74, 6) is 1.13. The van der Waals surface area contributed by atoms with Crippen LogP contribution in [0, 0.1) is 5.82 Å². The second-order valence-electron chi connectivity index (χ2n) is 6.70. The molecule has 0 saturated heterocycles. The SMILES string of the molecule is CC(C)c1cccc(C(C)C)c1-n1ccnc1-c1ccccc1F. The van der Waals surface area contributed by atoms with Gasteiger partial charge in [0.15, 0.2) is 0 Å². The van der Waals surface area contributed by atoms with Crippen LogP contribution in [0.25, 0.3) is 17.1 Å². The van der Waals surface area contributed by atoms with E-state index in [-0.39, 0.29) is 5.82 Å². The maximum atomic E-state index is 14.3. The van der Waals surface area contributed by atoms with E-state index in [2.05, 4.69) is 50.9 Å². The van der Waals surface area contributed by atoms with Gasteiger partial charge in [0.05, 0.1) is 11.3 Å². The zero-order valence-corrected chi connectivity index (χ0v) is 14.6. The summed E-state index contributed by atoms with van der Waals surface area (Å²) in [6, 6.07) is 13.2. The van der Waals surface area contributed by atoms with Crippen molar-refractivity contribution in [2.75, 3.05) is 0 Å². The number of imidazole rings is 1. The van der Waals surface area contributed by atoms with E-state index in [0.29, 0.717) is 23.2 Å². The molecule has 0 bridgehead atoms. The van der Waals surface area contributed by atoms with Crippen LogP contribution < -0.4 is 0 Å². The fraction of sp³-hybridized carbons (Fsp3) is 0.286. The van der Waals surface area contributed by atoms with Crippen LogP contribution in [0.1, 0.15) is 50.7 Å². The Labute approximate surface area is 143 Å². The summed E-state index contributed by atoms with van der Waals surface area (Å²) in [5.41, 5.74) is 4.14. The fourth-order valence-electron chi connectivity index (χ4n) is 3.12. The molecule has 1 heterocycles. The quantitative estimate of drug-likeness (QED) is 0.582. The highest BCUT2D eigenvalue weighted by Gasteiger charge is 2.19. The first-order chi connectivity index (χ1) is 11.5. The fourth-order valence-corrected chi connectivity index (χ4v) is 3.12. The minimum absolute atomic E-state index is 0.252. The first kappa shape index (κ1) is 16.4. The summed E-state index contributed by atoms with van der Waals surface area (Å²) in [4.78, 5) is 4.45. The molecule has 3 rings (SSSR count). The van der Waals surface area contributed by atoms with Crippen molar-refractivity contribution in [2.24, 2.45) is 0 Å². The lowest BCUT2D eigenvalue weighted by atomic mass is 9.92. The topological polar surface area (TPSA) is 17.8 Å². The molecular weight excluding hydrogens is 299 g/mol. The molecule has 0 saturated carbocycles. The summed E-state index contributed by atoms with van der Waals surface area (Å²) < 4.78 is 16.3. The predicted octanol–water partition coefficient (Wildman–Crippen LogP) is 5.93. The van der Waals surface area contributed by atoms with Gasteiger partial charge >= 0.3 is 0 Å². The van der Waals surface area contributed by atoms with Crippen molar-refractivity contribution in [3.8, 4) is 17.1 Å². The summed E-state index contributed by atoms with van der Waals surface area (Å²) in [5, 5.41) is 0. The molecule has 1 aromatic heterocycles. The van der Waals surface area contributed by atoms with Gasteiger partial charge in [0.25, 0.3) is 0 Å². The average Bonchev–Trinajstić information content (AvgIpc) is 3.03. The largest absolute Gasteiger partial charge is 0.299 e. The molecule has 3 aromatic rings. The van der Waals surface area contributed by atoms with Gasteiger partial charge in [-0.05, 0) is 35.1 Å². The Morgan fingerprint density at radius 2 is 1.50 bits per heavy atom. The Morgan fingerprint density at radius 1 is 0.875 bits per heavy atom. The maximum Gasteiger partial charge on any atom is 0.147 e. The minimum atomic E-state index is -0.252. The van der Waals surface area contributed by atoms with Crippen molar-refractivity contribution < 1.29 is 4.39 Å². The molecule has 24 heavy (non-hydrogen) atoms. The van der Waals surface area contributed by atoms with Crippen LogP contribution in [0.15, 0.2) is 54.9 Å². The first-order valence-electron chi connectivity index (χ1n) is 8.42. The molecule has 0 aliphatic heterocycles. The van der Waals surface area contributed by atoms with E-state index in [9.17, 15) is 4.39 Å². The molecule has 0 atom stereocenters. The van der Waals surface area contributed by atoms with Crippen molar-refractivity contribution in [3.63, 3.8) is 0 Å². The Balaban J connectivity index is 2.29. The smallest absolute Gasteiger partial charge is 0.147 e. The molecule has 0 radical (unpaired) electrons. The molecular formula is C21H23FN2. The lowest BCUT2D eigenvalue weighted by Gasteiger charge is -2.21. The predicted molar refractivity (Wildman–Crippen MR) is 97.1 cm³/mol. The summed E-state index contributed by atoms with van der Waals surface area (Å²) in [6.45, 7) is 8.73. The van der Waals surface area contributed by atoms with Gasteiger partial charge in [-0.15, -0.1) is 0 Å². The molecule has 2 aromatic carbocycles. The van der Waals surface area contributed by atoms with Crippen LogP contribution in [0.2, 0.25) is 0 Å². The zero-order chi connectivity index (χ0) is 17.3. The van der Waals surface area contributed by atoms with Gasteiger partial charge in [-0.3, -0.25) is 4.57 Å². The number of benzene rings is 2. The summed E-state index contributed by atoms with van der Waals surface area (Å²) >= 11 is 0. The number of para-hydroxylation sites is 1. The normalized spacial score (nSPS) is 11.5. The van der Waals surface area contributed by atoms with Crippen LogP contribution >= 0.6 is 0 Å². The van der Waals surface area contributed by atoms with Crippen molar-refractivity contribution in [2.45, 2.75) is 39.5 Å². The van der Waals surface area contributed by atoms with Gasteiger partial charge in [0.2, 0.25) is 0 Å². The molecule has 0 amide bonds. The van der Waals surface area contributed by atoms with Crippen LogP contribution in [0.4, 0.5) is 4.39 Å². The Morgan fingerprint density at radius 3 is 2.08 bits per heavy atom. The van der Waals surface area contributed by atoms with Crippen molar-refractivity contribution in [1.82, 2.24) is 9.55 Å². The molecule has 0 unspecified atom stereocenters. The van der Waals surface area contributed by atoms with E-state index < -0.39 is 0 Å². The third-order valence-corrected chi connectivity index (χ3v) is 4.34. The van der Waals surface area contributed by atoms with Gasteiger partial charge in [-0.1, -0.05) is 58.0 Å². The lowest BCUT2D eigenvalue weighted by Crippen LogP contribution is -2.08. The van der Waals surface area contributed by atoms with Crippen LogP contribution in [-0.2, 0) is 0 Å². The molecule has 2 nitrogen and oxygen atoms in total. The van der Waals surface area contributed by atoms with E-state index in [4.69, 9.17) is 0 Å². The third kappa shape index (κ3) is 2.86. The summed E-state index contributed by atoms with van der Waals surface area (Å²) in [7, 11) is 0. The lowest BCUT2D eigenvalue weighted by molar-refractivity contribution is 0.629. The van der Waals surface area contributed by atoms with Gasteiger partial charge in [-0.2, -0.15) is 0 Å². The highest BCUT2D eigenvalue weighted by Crippen LogP contribution is 2.34. The van der Waals surface area contributed by atoms with Gasteiger partial charge in [-0.25, -0.2) is 9.37 Å². The number of halogens is 1. The number of nitrogens with zero attached hydrogens (tertiary/aromatic N) is 2. The number of rotatable bonds is 4. The van der Waals surface area contributed by atoms with E-state index >= 15 is 0 Å². The van der Waals surface area contributed by atoms with Crippen molar-refractivity contribution in [1.29, 1.82) is 0 Å². The van der Waals surface area contributed by atoms with E-state index in [1.54, 1.807) is 18.3 Å². The Bertz CT molecular complexity index is 820. The number of hydrogen-bond acceptors (Lipinski definition) is 1. The molecule has 124 valence electrons. The van der Waals surface area contributed by atoms with Crippen LogP contribution in [0.5, 0.6) is 0 Å². The van der Waals surface area contributed by atoms with Crippen LogP contribution in [0.3, 0.4) is 0 Å². The Kier molecular flexibility index (Phi) is 4.52. The van der Waals surface area contributed by atoms with E-state index in [1.807, 2.05) is 16.8 Å². The third-order valence-electron chi connectivity index (χ3n) is 4.34. The number of hydrogen-bond donors (Lipinski definition) is 0. The van der Waals surface area contributed by atoms with E-state index in [1.165, 1.54) is 17.2 Å². The molecule has 0 N–H and O–H groups in total. The molecule has 0 fully saturated rings. The van der Waals surface area contributed by atoms with E-state index in [0.717, 1.165) is 5.69 Å². The van der Waals surface area contributed by atoms with Gasteiger partial charge < -0.3 is 0 Å². The second kappa shape index (κ2) is 6.60. The number of aromatic nitrogens is 2. The second-order valence-corrected chi connectivity index (χ2v) is 6.70. The van der Waals surface area contributed by atoms with Crippen LogP contribution in [-0.4, -0.2) is 9.55 Å². The highest BCUT2D eigenvalue weighted by atomic mass is 19.1. The molecule has 0 spiro atoms. The average molecular weight is 322 g/mol. The molecule has 0 aliphatic rings. The maximum absolute atomic E-state index is 14.3. The monoisotopic (exact) mass is 322 g/mol.